The maximum absolute atomic E-state index is 12.7. The van der Waals surface area contributed by atoms with Crippen molar-refractivity contribution in [3.05, 3.63) is 65.2 Å². The number of rotatable bonds is 4. The number of carbonyl (C=O) groups excluding carboxylic acids is 2. The predicted molar refractivity (Wildman–Crippen MR) is 131 cm³/mol. The van der Waals surface area contributed by atoms with Crippen LogP contribution in [0.4, 0.5) is 21.0 Å². The lowest BCUT2D eigenvalue weighted by atomic mass is 10.1. The van der Waals surface area contributed by atoms with E-state index in [0.717, 1.165) is 5.56 Å². The van der Waals surface area contributed by atoms with Crippen LogP contribution in [0.1, 0.15) is 40.2 Å². The van der Waals surface area contributed by atoms with Gasteiger partial charge in [-0.1, -0.05) is 35.9 Å². The molecule has 0 saturated carbocycles. The molecule has 1 saturated heterocycles. The van der Waals surface area contributed by atoms with E-state index in [1.54, 1.807) is 29.2 Å². The number of amides is 3. The second-order valence-electron chi connectivity index (χ2n) is 9.24. The fraction of sp³-hybridized carbons (Fsp3) is 0.360. The lowest BCUT2D eigenvalue weighted by molar-refractivity contribution is -0.0610. The Balaban J connectivity index is 1.61. The monoisotopic (exact) mass is 471 g/mol. The molecule has 1 atom stereocenters. The van der Waals surface area contributed by atoms with Crippen LogP contribution in [0.3, 0.4) is 0 Å². The highest BCUT2D eigenvalue weighted by atomic mass is 35.5. The first-order chi connectivity index (χ1) is 15.4. The smallest absolute Gasteiger partial charge is 0.413 e. The zero-order valence-corrected chi connectivity index (χ0v) is 20.3. The highest BCUT2D eigenvalue weighted by molar-refractivity contribution is 6.30. The van der Waals surface area contributed by atoms with Gasteiger partial charge in [-0.25, -0.2) is 9.59 Å². The average Bonchev–Trinajstić information content (AvgIpc) is 3.02. The quantitative estimate of drug-likeness (QED) is 0.543. The summed E-state index contributed by atoms with van der Waals surface area (Å²) in [6, 6.07) is 13.6. The van der Waals surface area contributed by atoms with Crippen LogP contribution >= 0.6 is 11.6 Å². The molecule has 1 fully saturated rings. The van der Waals surface area contributed by atoms with Gasteiger partial charge in [-0.3, -0.25) is 4.90 Å². The Morgan fingerprint density at radius 3 is 2.15 bits per heavy atom. The van der Waals surface area contributed by atoms with Crippen LogP contribution in [-0.2, 0) is 9.47 Å². The van der Waals surface area contributed by atoms with Crippen LogP contribution in [-0.4, -0.2) is 41.0 Å². The first kappa shape index (κ1) is 24.6. The molecule has 2 N–H and O–H groups in total. The summed E-state index contributed by atoms with van der Waals surface area (Å²) in [5, 5.41) is 6.14. The van der Waals surface area contributed by atoms with Crippen LogP contribution in [0.25, 0.3) is 6.08 Å². The Bertz CT molecular complexity index is 1010. The number of benzene rings is 2. The third kappa shape index (κ3) is 6.97. The average molecular weight is 472 g/mol. The molecular formula is C25H30ClN3O4. The Morgan fingerprint density at radius 2 is 1.61 bits per heavy atom. The van der Waals surface area contributed by atoms with Crippen molar-refractivity contribution in [1.29, 1.82) is 0 Å². The van der Waals surface area contributed by atoms with Gasteiger partial charge in [0, 0.05) is 16.4 Å². The molecule has 0 aromatic heterocycles. The van der Waals surface area contributed by atoms with Crippen LogP contribution < -0.4 is 10.6 Å². The molecule has 0 unspecified atom stereocenters. The van der Waals surface area contributed by atoms with E-state index in [1.807, 2.05) is 71.0 Å². The van der Waals surface area contributed by atoms with Gasteiger partial charge in [0.2, 0.25) is 0 Å². The van der Waals surface area contributed by atoms with Crippen molar-refractivity contribution < 1.29 is 19.1 Å². The van der Waals surface area contributed by atoms with Gasteiger partial charge < -0.3 is 20.1 Å². The lowest BCUT2D eigenvalue weighted by Crippen LogP contribution is -2.49. The normalized spacial score (nSPS) is 17.8. The standard InChI is InChI=1S/C25H30ClN3O4/c1-24(2,3)33-23(31)29-21(16-32-25(29,4)5)15-8-17-6-11-19(12-7-17)27-22(30)28-20-13-9-18(26)10-14-20/h6-15,21H,16H2,1-5H3,(H2,27,28,30)/b15-8+/t21-/m0/s1. The van der Waals surface area contributed by atoms with Gasteiger partial charge in [-0.05, 0) is 76.6 Å². The number of hydrogen-bond donors (Lipinski definition) is 2. The SMILES string of the molecule is CC(C)(C)OC(=O)N1[C@@H](/C=C/c2ccc(NC(=O)Nc3ccc(Cl)cc3)cc2)COC1(C)C. The third-order valence-electron chi connectivity index (χ3n) is 4.89. The van der Waals surface area contributed by atoms with Gasteiger partial charge in [0.1, 0.15) is 11.3 Å². The van der Waals surface area contributed by atoms with E-state index in [0.29, 0.717) is 23.0 Å². The van der Waals surface area contributed by atoms with Crippen LogP contribution in [0, 0.1) is 0 Å². The number of nitrogens with one attached hydrogen (secondary N) is 2. The molecule has 3 amide bonds. The topological polar surface area (TPSA) is 79.9 Å². The molecule has 2 aromatic rings. The van der Waals surface area contributed by atoms with Crippen molar-refractivity contribution in [2.75, 3.05) is 17.2 Å². The van der Waals surface area contributed by atoms with E-state index in [2.05, 4.69) is 10.6 Å². The molecule has 1 aliphatic heterocycles. The molecule has 3 rings (SSSR count). The Morgan fingerprint density at radius 1 is 1.06 bits per heavy atom. The summed E-state index contributed by atoms with van der Waals surface area (Å²) in [6.07, 6.45) is 3.43. The van der Waals surface area contributed by atoms with Crippen molar-refractivity contribution >= 4 is 41.2 Å². The summed E-state index contributed by atoms with van der Waals surface area (Å²) >= 11 is 5.86. The molecule has 2 aromatic carbocycles. The molecule has 33 heavy (non-hydrogen) atoms. The summed E-state index contributed by atoms with van der Waals surface area (Å²) in [5.41, 5.74) is 0.870. The van der Waals surface area contributed by atoms with E-state index in [-0.39, 0.29) is 12.1 Å². The summed E-state index contributed by atoms with van der Waals surface area (Å²) < 4.78 is 11.4. The third-order valence-corrected chi connectivity index (χ3v) is 5.14. The predicted octanol–water partition coefficient (Wildman–Crippen LogP) is 6.37. The molecule has 176 valence electrons. The number of halogens is 1. The summed E-state index contributed by atoms with van der Waals surface area (Å²) in [7, 11) is 0. The van der Waals surface area contributed by atoms with Gasteiger partial charge in [0.25, 0.3) is 0 Å². The van der Waals surface area contributed by atoms with Gasteiger partial charge in [0.05, 0.1) is 12.6 Å². The van der Waals surface area contributed by atoms with Crippen LogP contribution in [0.2, 0.25) is 5.02 Å². The summed E-state index contributed by atoms with van der Waals surface area (Å²) in [6.45, 7) is 9.59. The molecular weight excluding hydrogens is 442 g/mol. The fourth-order valence-corrected chi connectivity index (χ4v) is 3.49. The van der Waals surface area contributed by atoms with Gasteiger partial charge in [-0.15, -0.1) is 0 Å². The summed E-state index contributed by atoms with van der Waals surface area (Å²) in [4.78, 5) is 26.5. The van der Waals surface area contributed by atoms with Gasteiger partial charge in [0.15, 0.2) is 0 Å². The van der Waals surface area contributed by atoms with E-state index in [9.17, 15) is 9.59 Å². The van der Waals surface area contributed by atoms with Crippen molar-refractivity contribution in [3.63, 3.8) is 0 Å². The van der Waals surface area contributed by atoms with E-state index >= 15 is 0 Å². The molecule has 7 nitrogen and oxygen atoms in total. The molecule has 1 heterocycles. The molecule has 0 aliphatic carbocycles. The molecule has 0 bridgehead atoms. The minimum atomic E-state index is -0.761. The second kappa shape index (κ2) is 9.85. The maximum Gasteiger partial charge on any atom is 0.413 e. The molecule has 1 aliphatic rings. The van der Waals surface area contributed by atoms with Crippen molar-refractivity contribution in [2.45, 2.75) is 52.0 Å². The molecule has 8 heteroatoms. The number of nitrogens with zero attached hydrogens (tertiary/aromatic N) is 1. The Labute approximate surface area is 199 Å². The second-order valence-corrected chi connectivity index (χ2v) is 9.68. The molecule has 0 radical (unpaired) electrons. The first-order valence-corrected chi connectivity index (χ1v) is 11.1. The number of carbonyl (C=O) groups is 2. The van der Waals surface area contributed by atoms with Crippen LogP contribution in [0.5, 0.6) is 0 Å². The zero-order valence-electron chi connectivity index (χ0n) is 19.5. The molecule has 0 spiro atoms. The van der Waals surface area contributed by atoms with Gasteiger partial charge >= 0.3 is 12.1 Å². The van der Waals surface area contributed by atoms with Crippen molar-refractivity contribution in [1.82, 2.24) is 4.90 Å². The van der Waals surface area contributed by atoms with E-state index < -0.39 is 17.4 Å². The van der Waals surface area contributed by atoms with E-state index in [1.165, 1.54) is 0 Å². The lowest BCUT2D eigenvalue weighted by Gasteiger charge is -2.34. The fourth-order valence-electron chi connectivity index (χ4n) is 3.37. The van der Waals surface area contributed by atoms with Crippen molar-refractivity contribution in [3.8, 4) is 0 Å². The number of urea groups is 1. The largest absolute Gasteiger partial charge is 0.444 e. The van der Waals surface area contributed by atoms with Gasteiger partial charge in [-0.2, -0.15) is 0 Å². The number of ether oxygens (including phenoxy) is 2. The van der Waals surface area contributed by atoms with E-state index in [4.69, 9.17) is 21.1 Å². The maximum atomic E-state index is 12.7. The van der Waals surface area contributed by atoms with Crippen LogP contribution in [0.15, 0.2) is 54.6 Å². The highest BCUT2D eigenvalue weighted by Gasteiger charge is 2.44. The van der Waals surface area contributed by atoms with Crippen molar-refractivity contribution in [2.24, 2.45) is 0 Å². The minimum absolute atomic E-state index is 0.252. The first-order valence-electron chi connectivity index (χ1n) is 10.7. The summed E-state index contributed by atoms with van der Waals surface area (Å²) in [5.74, 6) is 0. The number of hydrogen-bond acceptors (Lipinski definition) is 4. The Kier molecular flexibility index (Phi) is 7.34. The zero-order chi connectivity index (χ0) is 24.2. The Hall–Kier alpha value is -3.03. The highest BCUT2D eigenvalue weighted by Crippen LogP contribution is 2.30. The number of anilines is 2. The minimum Gasteiger partial charge on any atom is -0.444 e.